The van der Waals surface area contributed by atoms with Gasteiger partial charge in [0.2, 0.25) is 5.91 Å². The second-order valence-corrected chi connectivity index (χ2v) is 5.65. The molecule has 1 aliphatic rings. The van der Waals surface area contributed by atoms with Gasteiger partial charge in [0.25, 0.3) is 0 Å². The van der Waals surface area contributed by atoms with Crippen LogP contribution >= 0.6 is 0 Å². The molecule has 0 aliphatic carbocycles. The summed E-state index contributed by atoms with van der Waals surface area (Å²) < 4.78 is 1.70. The maximum atomic E-state index is 12.5. The van der Waals surface area contributed by atoms with Crippen molar-refractivity contribution in [1.29, 1.82) is 0 Å². The highest BCUT2D eigenvalue weighted by Crippen LogP contribution is 2.26. The van der Waals surface area contributed by atoms with Gasteiger partial charge < -0.3 is 4.90 Å². The quantitative estimate of drug-likeness (QED) is 0.868. The topological polar surface area (TPSA) is 38.1 Å². The smallest absolute Gasteiger partial charge is 0.244 e. The van der Waals surface area contributed by atoms with Crippen LogP contribution in [-0.2, 0) is 11.3 Å². The van der Waals surface area contributed by atoms with E-state index in [1.54, 1.807) is 10.9 Å². The molecular formula is C17H21N3O. The Bertz CT molecular complexity index is 565. The van der Waals surface area contributed by atoms with E-state index in [1.165, 1.54) is 12.0 Å². The number of benzene rings is 1. The fourth-order valence-corrected chi connectivity index (χ4v) is 3.00. The van der Waals surface area contributed by atoms with Gasteiger partial charge in [-0.2, -0.15) is 5.10 Å². The van der Waals surface area contributed by atoms with E-state index in [1.807, 2.05) is 23.2 Å². The number of carbonyl (C=O) groups is 1. The van der Waals surface area contributed by atoms with Crippen molar-refractivity contribution in [2.75, 3.05) is 13.1 Å². The molecule has 3 rings (SSSR count). The molecule has 0 bridgehead atoms. The Hall–Kier alpha value is -2.10. The summed E-state index contributed by atoms with van der Waals surface area (Å²) in [5.74, 6) is 0.622. The van der Waals surface area contributed by atoms with Gasteiger partial charge in [0.15, 0.2) is 0 Å². The summed E-state index contributed by atoms with van der Waals surface area (Å²) >= 11 is 0. The number of aromatic nitrogens is 2. The molecule has 0 spiro atoms. The lowest BCUT2D eigenvalue weighted by Gasteiger charge is -2.25. The van der Waals surface area contributed by atoms with Crippen LogP contribution in [0.25, 0.3) is 0 Å². The lowest BCUT2D eigenvalue weighted by atomic mass is 9.94. The molecule has 1 aliphatic heterocycles. The van der Waals surface area contributed by atoms with Crippen molar-refractivity contribution in [3.63, 3.8) is 0 Å². The normalized spacial score (nSPS) is 19.2. The summed E-state index contributed by atoms with van der Waals surface area (Å²) in [7, 11) is 0. The predicted molar refractivity (Wildman–Crippen MR) is 81.8 cm³/mol. The number of likely N-dealkylation sites (tertiary alicyclic amines) is 1. The predicted octanol–water partition coefficient (Wildman–Crippen LogP) is 2.68. The zero-order valence-electron chi connectivity index (χ0n) is 12.2. The van der Waals surface area contributed by atoms with Crippen molar-refractivity contribution in [2.45, 2.75) is 31.7 Å². The molecule has 4 heteroatoms. The molecule has 1 amide bonds. The second kappa shape index (κ2) is 6.57. The molecule has 1 unspecified atom stereocenters. The van der Waals surface area contributed by atoms with Crippen LogP contribution in [0.4, 0.5) is 0 Å². The van der Waals surface area contributed by atoms with Crippen LogP contribution in [0.15, 0.2) is 48.8 Å². The van der Waals surface area contributed by atoms with Gasteiger partial charge in [0, 0.05) is 31.4 Å². The molecule has 4 nitrogen and oxygen atoms in total. The van der Waals surface area contributed by atoms with Crippen molar-refractivity contribution in [2.24, 2.45) is 0 Å². The molecule has 2 heterocycles. The summed E-state index contributed by atoms with van der Waals surface area (Å²) in [6.45, 7) is 2.03. The van der Waals surface area contributed by atoms with E-state index in [4.69, 9.17) is 0 Å². The lowest BCUT2D eigenvalue weighted by molar-refractivity contribution is -0.132. The Kier molecular flexibility index (Phi) is 4.34. The number of hydrogen-bond donors (Lipinski definition) is 0. The number of amides is 1. The monoisotopic (exact) mass is 283 g/mol. The van der Waals surface area contributed by atoms with E-state index < -0.39 is 0 Å². The van der Waals surface area contributed by atoms with Gasteiger partial charge in [-0.05, 0) is 24.5 Å². The zero-order valence-corrected chi connectivity index (χ0v) is 12.2. The second-order valence-electron chi connectivity index (χ2n) is 5.65. The fraction of sp³-hybridized carbons (Fsp3) is 0.412. The molecular weight excluding hydrogens is 262 g/mol. The maximum absolute atomic E-state index is 12.5. The average molecular weight is 283 g/mol. The number of nitrogens with zero attached hydrogens (tertiary/aromatic N) is 3. The molecule has 0 saturated carbocycles. The van der Waals surface area contributed by atoms with Crippen molar-refractivity contribution >= 4 is 5.91 Å². The minimum atomic E-state index is 0.168. The summed E-state index contributed by atoms with van der Waals surface area (Å²) in [6.07, 6.45) is 6.99. The molecule has 110 valence electrons. The van der Waals surface area contributed by atoms with E-state index in [0.717, 1.165) is 25.9 Å². The summed E-state index contributed by atoms with van der Waals surface area (Å²) in [5, 5.41) is 4.12. The van der Waals surface area contributed by atoms with Crippen molar-refractivity contribution < 1.29 is 4.79 Å². The van der Waals surface area contributed by atoms with Gasteiger partial charge in [-0.25, -0.2) is 0 Å². The van der Waals surface area contributed by atoms with E-state index in [9.17, 15) is 4.79 Å². The van der Waals surface area contributed by atoms with Crippen molar-refractivity contribution in [3.8, 4) is 0 Å². The highest BCUT2D eigenvalue weighted by atomic mass is 16.2. The minimum Gasteiger partial charge on any atom is -0.340 e. The van der Waals surface area contributed by atoms with Gasteiger partial charge in [0.05, 0.1) is 0 Å². The van der Waals surface area contributed by atoms with Gasteiger partial charge in [-0.15, -0.1) is 0 Å². The molecule has 1 atom stereocenters. The van der Waals surface area contributed by atoms with Crippen molar-refractivity contribution in [1.82, 2.24) is 14.7 Å². The van der Waals surface area contributed by atoms with Crippen LogP contribution in [-0.4, -0.2) is 33.7 Å². The molecule has 21 heavy (non-hydrogen) atoms. The SMILES string of the molecule is O=C(Cn1cccn1)N1CCCCC(c2ccccc2)C1. The standard InChI is InChI=1S/C17H21N3O/c21-17(14-20-12-6-10-18-20)19-11-5-4-9-16(13-19)15-7-2-1-3-8-15/h1-3,6-8,10,12,16H,4-5,9,11,13-14H2. The molecule has 1 saturated heterocycles. The van der Waals surface area contributed by atoms with E-state index in [-0.39, 0.29) is 5.91 Å². The van der Waals surface area contributed by atoms with Gasteiger partial charge in [-0.3, -0.25) is 9.48 Å². The summed E-state index contributed by atoms with van der Waals surface area (Å²) in [5.41, 5.74) is 1.34. The molecule has 1 aromatic carbocycles. The first kappa shape index (κ1) is 13.9. The Morgan fingerprint density at radius 3 is 2.81 bits per heavy atom. The summed E-state index contributed by atoms with van der Waals surface area (Å²) in [6, 6.07) is 12.4. The highest BCUT2D eigenvalue weighted by molar-refractivity contribution is 5.76. The van der Waals surface area contributed by atoms with Gasteiger partial charge in [0.1, 0.15) is 6.54 Å². The number of hydrogen-bond acceptors (Lipinski definition) is 2. The summed E-state index contributed by atoms with van der Waals surface area (Å²) in [4.78, 5) is 14.5. The van der Waals surface area contributed by atoms with Crippen LogP contribution in [0.5, 0.6) is 0 Å². The van der Waals surface area contributed by atoms with Crippen LogP contribution in [0, 0.1) is 0 Å². The Balaban J connectivity index is 1.68. The fourth-order valence-electron chi connectivity index (χ4n) is 3.00. The van der Waals surface area contributed by atoms with Crippen LogP contribution < -0.4 is 0 Å². The molecule has 2 aromatic rings. The Morgan fingerprint density at radius 2 is 2.05 bits per heavy atom. The molecule has 1 fully saturated rings. The number of rotatable bonds is 3. The van der Waals surface area contributed by atoms with E-state index in [0.29, 0.717) is 12.5 Å². The van der Waals surface area contributed by atoms with E-state index in [2.05, 4.69) is 29.4 Å². The maximum Gasteiger partial charge on any atom is 0.244 e. The largest absolute Gasteiger partial charge is 0.340 e. The van der Waals surface area contributed by atoms with Crippen molar-refractivity contribution in [3.05, 3.63) is 54.4 Å². The highest BCUT2D eigenvalue weighted by Gasteiger charge is 2.23. The molecule has 1 aromatic heterocycles. The third-order valence-corrected chi connectivity index (χ3v) is 4.15. The first-order valence-corrected chi connectivity index (χ1v) is 7.63. The van der Waals surface area contributed by atoms with Gasteiger partial charge in [-0.1, -0.05) is 36.8 Å². The van der Waals surface area contributed by atoms with Gasteiger partial charge >= 0.3 is 0 Å². The minimum absolute atomic E-state index is 0.168. The third-order valence-electron chi connectivity index (χ3n) is 4.15. The molecule has 0 N–H and O–H groups in total. The van der Waals surface area contributed by atoms with Crippen LogP contribution in [0.2, 0.25) is 0 Å². The zero-order chi connectivity index (χ0) is 14.5. The Morgan fingerprint density at radius 1 is 1.19 bits per heavy atom. The van der Waals surface area contributed by atoms with Crippen LogP contribution in [0.3, 0.4) is 0 Å². The average Bonchev–Trinajstić information content (AvgIpc) is 2.89. The third kappa shape index (κ3) is 3.51. The van der Waals surface area contributed by atoms with Crippen LogP contribution in [0.1, 0.15) is 30.7 Å². The lowest BCUT2D eigenvalue weighted by Crippen LogP contribution is -2.36. The molecule has 0 radical (unpaired) electrons. The van der Waals surface area contributed by atoms with E-state index >= 15 is 0 Å². The Labute approximate surface area is 125 Å². The number of carbonyl (C=O) groups excluding carboxylic acids is 1. The first-order chi connectivity index (χ1) is 10.3. The first-order valence-electron chi connectivity index (χ1n) is 7.63.